The normalized spacial score (nSPS) is 11.3. The molecule has 1 aromatic heterocycles. The first-order valence-electron chi connectivity index (χ1n) is 5.56. The van der Waals surface area contributed by atoms with Gasteiger partial charge in [-0.25, -0.2) is 4.98 Å². The van der Waals surface area contributed by atoms with Crippen molar-refractivity contribution in [2.75, 3.05) is 6.61 Å². The average Bonchev–Trinajstić information content (AvgIpc) is 2.31. The molecule has 0 spiro atoms. The van der Waals surface area contributed by atoms with Gasteiger partial charge in [-0.1, -0.05) is 0 Å². The van der Waals surface area contributed by atoms with Gasteiger partial charge >= 0.3 is 12.3 Å². The Balaban J connectivity index is 3.05. The Hall–Kier alpha value is -1.10. The van der Waals surface area contributed by atoms with Crippen molar-refractivity contribution in [2.24, 2.45) is 5.73 Å². The first-order chi connectivity index (χ1) is 9.28. The van der Waals surface area contributed by atoms with Crippen LogP contribution in [0, 0.1) is 3.57 Å². The van der Waals surface area contributed by atoms with Crippen LogP contribution in [-0.2, 0) is 22.5 Å². The fraction of sp³-hybridized carbons (Fsp3) is 0.455. The number of nitrogens with zero attached hydrogens (tertiary/aromatic N) is 1. The summed E-state index contributed by atoms with van der Waals surface area (Å²) < 4.78 is 45.6. The van der Waals surface area contributed by atoms with Gasteiger partial charge in [-0.2, -0.15) is 0 Å². The van der Waals surface area contributed by atoms with E-state index in [1.54, 1.807) is 29.5 Å². The van der Waals surface area contributed by atoms with E-state index >= 15 is 0 Å². The number of carbonyl (C=O) groups excluding carboxylic acids is 1. The third-order valence-electron chi connectivity index (χ3n) is 2.20. The Morgan fingerprint density at radius 1 is 1.50 bits per heavy atom. The van der Waals surface area contributed by atoms with Crippen LogP contribution < -0.4 is 10.5 Å². The maximum atomic E-state index is 12.2. The van der Waals surface area contributed by atoms with Crippen molar-refractivity contribution in [1.82, 2.24) is 4.98 Å². The van der Waals surface area contributed by atoms with Gasteiger partial charge in [0.15, 0.2) is 0 Å². The highest BCUT2D eigenvalue weighted by molar-refractivity contribution is 14.1. The van der Waals surface area contributed by atoms with Crippen LogP contribution in [-0.4, -0.2) is 23.9 Å². The van der Waals surface area contributed by atoms with Crippen LogP contribution in [0.2, 0.25) is 0 Å². The molecule has 0 aliphatic carbocycles. The average molecular weight is 404 g/mol. The highest BCUT2D eigenvalue weighted by Gasteiger charge is 2.33. The van der Waals surface area contributed by atoms with Gasteiger partial charge in [0.05, 0.1) is 13.0 Å². The van der Waals surface area contributed by atoms with Crippen molar-refractivity contribution in [3.63, 3.8) is 0 Å². The van der Waals surface area contributed by atoms with Crippen LogP contribution in [0.5, 0.6) is 5.88 Å². The van der Waals surface area contributed by atoms with E-state index in [1.165, 1.54) is 0 Å². The van der Waals surface area contributed by atoms with Crippen LogP contribution in [0.1, 0.15) is 18.1 Å². The lowest BCUT2D eigenvalue weighted by molar-refractivity contribution is -0.276. The first-order valence-corrected chi connectivity index (χ1v) is 6.64. The zero-order valence-electron chi connectivity index (χ0n) is 10.5. The Morgan fingerprint density at radius 2 is 2.15 bits per heavy atom. The number of carbonyl (C=O) groups is 1. The van der Waals surface area contributed by atoms with E-state index in [4.69, 9.17) is 10.5 Å². The van der Waals surface area contributed by atoms with Gasteiger partial charge in [0, 0.05) is 21.9 Å². The number of hydrogen-bond donors (Lipinski definition) is 1. The Labute approximate surface area is 126 Å². The molecule has 0 radical (unpaired) electrons. The maximum absolute atomic E-state index is 12.2. The van der Waals surface area contributed by atoms with E-state index in [0.29, 0.717) is 9.13 Å². The summed E-state index contributed by atoms with van der Waals surface area (Å²) in [5, 5.41) is 0. The highest BCUT2D eigenvalue weighted by Crippen LogP contribution is 2.29. The topological polar surface area (TPSA) is 74.4 Å². The number of esters is 1. The molecular formula is C11H12F3IN2O3. The fourth-order valence-corrected chi connectivity index (χ4v) is 2.20. The Morgan fingerprint density at radius 3 is 2.65 bits per heavy atom. The quantitative estimate of drug-likeness (QED) is 0.602. The first kappa shape index (κ1) is 17.0. The standard InChI is InChI=1S/C11H12F3IN2O3/c1-2-19-8(18)3-6-5-17-10(20-11(12,13)14)7(4-16)9(6)15/h5H,2-4,16H2,1H3. The second-order valence-electron chi connectivity index (χ2n) is 3.61. The number of halogens is 4. The second kappa shape index (κ2) is 7.07. The van der Waals surface area contributed by atoms with Crippen LogP contribution in [0.25, 0.3) is 0 Å². The van der Waals surface area contributed by atoms with E-state index in [9.17, 15) is 18.0 Å². The highest BCUT2D eigenvalue weighted by atomic mass is 127. The number of ether oxygens (including phenoxy) is 2. The summed E-state index contributed by atoms with van der Waals surface area (Å²) >= 11 is 1.80. The van der Waals surface area contributed by atoms with Gasteiger partial charge in [-0.05, 0) is 35.1 Å². The molecule has 0 atom stereocenters. The minimum atomic E-state index is -4.84. The zero-order chi connectivity index (χ0) is 15.3. The third kappa shape index (κ3) is 4.78. The molecule has 20 heavy (non-hydrogen) atoms. The van der Waals surface area contributed by atoms with E-state index in [-0.39, 0.29) is 25.1 Å². The third-order valence-corrected chi connectivity index (χ3v) is 3.54. The van der Waals surface area contributed by atoms with Crippen LogP contribution in [0.15, 0.2) is 6.20 Å². The molecule has 0 aliphatic rings. The summed E-state index contributed by atoms with van der Waals surface area (Å²) in [5.41, 5.74) is 5.97. The van der Waals surface area contributed by atoms with Crippen molar-refractivity contribution < 1.29 is 27.4 Å². The molecule has 0 bridgehead atoms. The molecule has 0 unspecified atom stereocenters. The molecule has 1 aromatic rings. The number of hydrogen-bond acceptors (Lipinski definition) is 5. The van der Waals surface area contributed by atoms with Crippen LogP contribution in [0.4, 0.5) is 13.2 Å². The van der Waals surface area contributed by atoms with Gasteiger partial charge in [0.1, 0.15) is 0 Å². The molecule has 2 N–H and O–H groups in total. The molecule has 0 aromatic carbocycles. The van der Waals surface area contributed by atoms with Gasteiger partial charge in [-0.3, -0.25) is 4.79 Å². The van der Waals surface area contributed by atoms with Gasteiger partial charge in [-0.15, -0.1) is 13.2 Å². The molecule has 0 saturated carbocycles. The summed E-state index contributed by atoms with van der Waals surface area (Å²) in [4.78, 5) is 15.0. The molecule has 0 saturated heterocycles. The monoisotopic (exact) mass is 404 g/mol. The van der Waals surface area contributed by atoms with Gasteiger partial charge in [0.2, 0.25) is 5.88 Å². The lowest BCUT2D eigenvalue weighted by Gasteiger charge is -2.14. The van der Waals surface area contributed by atoms with E-state index in [0.717, 1.165) is 6.20 Å². The number of aromatic nitrogens is 1. The summed E-state index contributed by atoms with van der Waals surface area (Å²) in [5.74, 6) is -1.09. The Kier molecular flexibility index (Phi) is 5.99. The van der Waals surface area contributed by atoms with Crippen molar-refractivity contribution in [3.05, 3.63) is 20.9 Å². The fourth-order valence-electron chi connectivity index (χ4n) is 1.42. The molecule has 5 nitrogen and oxygen atoms in total. The van der Waals surface area contributed by atoms with Crippen molar-refractivity contribution >= 4 is 28.6 Å². The predicted molar refractivity (Wildman–Crippen MR) is 71.9 cm³/mol. The molecule has 9 heteroatoms. The zero-order valence-corrected chi connectivity index (χ0v) is 12.6. The largest absolute Gasteiger partial charge is 0.574 e. The number of nitrogens with two attached hydrogens (primary N) is 1. The van der Waals surface area contributed by atoms with E-state index < -0.39 is 18.2 Å². The smallest absolute Gasteiger partial charge is 0.466 e. The molecule has 1 heterocycles. The van der Waals surface area contributed by atoms with Crippen LogP contribution >= 0.6 is 22.6 Å². The molecule has 1 rings (SSSR count). The molecule has 0 aliphatic heterocycles. The maximum Gasteiger partial charge on any atom is 0.574 e. The van der Waals surface area contributed by atoms with Gasteiger partial charge < -0.3 is 15.2 Å². The van der Waals surface area contributed by atoms with E-state index in [1.807, 2.05) is 0 Å². The summed E-state index contributed by atoms with van der Waals surface area (Å²) in [6.45, 7) is 1.70. The lowest BCUT2D eigenvalue weighted by atomic mass is 10.1. The summed E-state index contributed by atoms with van der Waals surface area (Å²) in [7, 11) is 0. The minimum absolute atomic E-state index is 0.0849. The van der Waals surface area contributed by atoms with E-state index in [2.05, 4.69) is 9.72 Å². The number of alkyl halides is 3. The number of rotatable bonds is 5. The van der Waals surface area contributed by atoms with Crippen molar-refractivity contribution in [1.29, 1.82) is 0 Å². The van der Waals surface area contributed by atoms with Crippen molar-refractivity contribution in [2.45, 2.75) is 26.3 Å². The number of pyridine rings is 1. The summed E-state index contributed by atoms with van der Waals surface area (Å²) in [6.07, 6.45) is -3.78. The lowest BCUT2D eigenvalue weighted by Crippen LogP contribution is -2.21. The van der Waals surface area contributed by atoms with Crippen molar-refractivity contribution in [3.8, 4) is 5.88 Å². The minimum Gasteiger partial charge on any atom is -0.466 e. The second-order valence-corrected chi connectivity index (χ2v) is 4.69. The molecule has 0 amide bonds. The SMILES string of the molecule is CCOC(=O)Cc1cnc(OC(F)(F)F)c(CN)c1I. The molecule has 0 fully saturated rings. The Bertz CT molecular complexity index is 495. The van der Waals surface area contributed by atoms with Gasteiger partial charge in [0.25, 0.3) is 0 Å². The molecular weight excluding hydrogens is 392 g/mol. The predicted octanol–water partition coefficient (Wildman–Crippen LogP) is 2.15. The molecule has 112 valence electrons. The van der Waals surface area contributed by atoms with Crippen LogP contribution in [0.3, 0.4) is 0 Å². The summed E-state index contributed by atoms with van der Waals surface area (Å²) in [6, 6.07) is 0.